The average molecular weight is 348 g/mol. The number of phenols is 1. The summed E-state index contributed by atoms with van der Waals surface area (Å²) < 4.78 is 0. The molecule has 6 heteroatoms. The molecule has 2 unspecified atom stereocenters. The Hall–Kier alpha value is -1.69. The minimum atomic E-state index is -0.391. The van der Waals surface area contributed by atoms with Crippen LogP contribution >= 0.6 is 11.8 Å². The van der Waals surface area contributed by atoms with Gasteiger partial charge >= 0.3 is 0 Å². The fourth-order valence-electron chi connectivity index (χ4n) is 3.45. The summed E-state index contributed by atoms with van der Waals surface area (Å²) in [5.41, 5.74) is 0.276. The highest BCUT2D eigenvalue weighted by atomic mass is 32.2. The largest absolute Gasteiger partial charge is 0.507 e. The van der Waals surface area contributed by atoms with Crippen LogP contribution in [0.2, 0.25) is 0 Å². The first-order valence-corrected chi connectivity index (χ1v) is 9.66. The third kappa shape index (κ3) is 3.38. The van der Waals surface area contributed by atoms with Crippen molar-refractivity contribution in [1.29, 1.82) is 0 Å². The predicted molar refractivity (Wildman–Crippen MR) is 95.3 cm³/mol. The molecule has 2 heterocycles. The number of hydrogen-bond acceptors (Lipinski definition) is 4. The van der Waals surface area contributed by atoms with Gasteiger partial charge in [0, 0.05) is 30.6 Å². The maximum atomic E-state index is 13.0. The number of phenolic OH excluding ortho intramolecular Hbond substituents is 1. The van der Waals surface area contributed by atoms with Gasteiger partial charge in [-0.15, -0.1) is 0 Å². The summed E-state index contributed by atoms with van der Waals surface area (Å²) in [7, 11) is 0. The summed E-state index contributed by atoms with van der Waals surface area (Å²) in [6, 6.07) is 6.15. The van der Waals surface area contributed by atoms with Gasteiger partial charge in [-0.2, -0.15) is 11.8 Å². The molecule has 5 nitrogen and oxygen atoms in total. The van der Waals surface area contributed by atoms with Crippen LogP contribution in [0, 0.1) is 0 Å². The van der Waals surface area contributed by atoms with Crippen molar-refractivity contribution in [3.05, 3.63) is 29.8 Å². The Bertz CT molecular complexity index is 622. The van der Waals surface area contributed by atoms with Gasteiger partial charge in [0.05, 0.1) is 5.56 Å². The topological polar surface area (TPSA) is 60.9 Å². The van der Waals surface area contributed by atoms with Crippen LogP contribution in [0.4, 0.5) is 0 Å². The van der Waals surface area contributed by atoms with E-state index in [9.17, 15) is 14.7 Å². The number of likely N-dealkylation sites (tertiary alicyclic amines) is 1. The quantitative estimate of drug-likeness (QED) is 0.911. The molecule has 2 amide bonds. The van der Waals surface area contributed by atoms with Gasteiger partial charge in [-0.3, -0.25) is 9.59 Å². The van der Waals surface area contributed by atoms with Crippen LogP contribution in [0.25, 0.3) is 0 Å². The second-order valence-corrected chi connectivity index (χ2v) is 7.77. The van der Waals surface area contributed by atoms with Crippen molar-refractivity contribution in [2.75, 3.05) is 25.4 Å². The number of thioether (sulfide) groups is 1. The van der Waals surface area contributed by atoms with Crippen LogP contribution in [0.3, 0.4) is 0 Å². The summed E-state index contributed by atoms with van der Waals surface area (Å²) in [6.45, 7) is 4.25. The van der Waals surface area contributed by atoms with Gasteiger partial charge in [0.25, 0.3) is 5.91 Å². The summed E-state index contributed by atoms with van der Waals surface area (Å²) in [5, 5.41) is 10.4. The molecule has 0 saturated carbocycles. The summed E-state index contributed by atoms with van der Waals surface area (Å²) >= 11 is 1.93. The lowest BCUT2D eigenvalue weighted by molar-refractivity contribution is -0.135. The second-order valence-electron chi connectivity index (χ2n) is 6.36. The summed E-state index contributed by atoms with van der Waals surface area (Å²) in [6.07, 6.45) is 2.59. The average Bonchev–Trinajstić information content (AvgIpc) is 3.10. The first-order chi connectivity index (χ1) is 11.6. The number of aromatic hydroxyl groups is 1. The smallest absolute Gasteiger partial charge is 0.258 e. The van der Waals surface area contributed by atoms with E-state index in [1.807, 2.05) is 16.7 Å². The van der Waals surface area contributed by atoms with Crippen LogP contribution in [0.1, 0.15) is 36.5 Å². The third-order valence-electron chi connectivity index (χ3n) is 4.84. The van der Waals surface area contributed by atoms with E-state index in [-0.39, 0.29) is 23.1 Å². The maximum Gasteiger partial charge on any atom is 0.258 e. The molecule has 0 bridgehead atoms. The van der Waals surface area contributed by atoms with E-state index in [0.29, 0.717) is 18.2 Å². The lowest BCUT2D eigenvalue weighted by atomic mass is 10.1. The number of para-hydroxylation sites is 1. The van der Waals surface area contributed by atoms with Gasteiger partial charge in [-0.25, -0.2) is 0 Å². The Labute approximate surface area is 147 Å². The molecule has 2 atom stereocenters. The van der Waals surface area contributed by atoms with Gasteiger partial charge in [-0.1, -0.05) is 19.1 Å². The molecule has 1 aromatic carbocycles. The fraction of sp³-hybridized carbons (Fsp3) is 0.556. The molecule has 0 aromatic heterocycles. The first-order valence-electron chi connectivity index (χ1n) is 8.61. The predicted octanol–water partition coefficient (Wildman–Crippen LogP) is 2.35. The molecule has 3 rings (SSSR count). The van der Waals surface area contributed by atoms with Crippen LogP contribution in [-0.4, -0.2) is 63.4 Å². The van der Waals surface area contributed by atoms with E-state index in [1.165, 1.54) is 6.07 Å². The number of nitrogens with zero attached hydrogens (tertiary/aromatic N) is 2. The molecule has 2 aliphatic heterocycles. The van der Waals surface area contributed by atoms with E-state index >= 15 is 0 Å². The number of carbonyl (C=O) groups excluding carboxylic acids is 2. The maximum absolute atomic E-state index is 13.0. The van der Waals surface area contributed by atoms with Crippen LogP contribution in [-0.2, 0) is 4.79 Å². The van der Waals surface area contributed by atoms with Crippen molar-refractivity contribution in [2.24, 2.45) is 0 Å². The van der Waals surface area contributed by atoms with Gasteiger partial charge in [0.1, 0.15) is 11.8 Å². The number of rotatable bonds is 3. The molecule has 0 spiro atoms. The molecule has 2 saturated heterocycles. The standard InChI is InChI=1S/C18H24N2O3S/c1-2-13-12-19(10-11-24-13)18(23)15-7-5-9-20(15)17(22)14-6-3-4-8-16(14)21/h3-4,6,8,13,15,21H,2,5,7,9-12H2,1H3. The fourth-order valence-corrected chi connectivity index (χ4v) is 4.63. The summed E-state index contributed by atoms with van der Waals surface area (Å²) in [4.78, 5) is 29.3. The zero-order valence-corrected chi connectivity index (χ0v) is 14.8. The van der Waals surface area contributed by atoms with E-state index in [4.69, 9.17) is 0 Å². The number of benzene rings is 1. The lowest BCUT2D eigenvalue weighted by Gasteiger charge is -2.35. The monoisotopic (exact) mass is 348 g/mol. The Morgan fingerprint density at radius 1 is 1.29 bits per heavy atom. The Morgan fingerprint density at radius 3 is 2.83 bits per heavy atom. The van der Waals surface area contributed by atoms with Gasteiger partial charge in [0.15, 0.2) is 0 Å². The SMILES string of the molecule is CCC1CN(C(=O)C2CCCN2C(=O)c2ccccc2O)CCS1. The molecule has 1 aromatic rings. The highest BCUT2D eigenvalue weighted by Crippen LogP contribution is 2.27. The zero-order chi connectivity index (χ0) is 17.1. The minimum Gasteiger partial charge on any atom is -0.507 e. The zero-order valence-electron chi connectivity index (χ0n) is 14.0. The lowest BCUT2D eigenvalue weighted by Crippen LogP contribution is -2.51. The van der Waals surface area contributed by atoms with E-state index in [2.05, 4.69) is 6.92 Å². The number of hydrogen-bond donors (Lipinski definition) is 1. The molecule has 1 N–H and O–H groups in total. The normalized spacial score (nSPS) is 24.2. The third-order valence-corrected chi connectivity index (χ3v) is 6.21. The molecule has 0 radical (unpaired) electrons. The molecule has 0 aliphatic carbocycles. The Kier molecular flexibility index (Phi) is 5.33. The second kappa shape index (κ2) is 7.47. The minimum absolute atomic E-state index is 0.0268. The molecule has 24 heavy (non-hydrogen) atoms. The molecular formula is C18H24N2O3S. The van der Waals surface area contributed by atoms with Gasteiger partial charge in [-0.05, 0) is 31.4 Å². The van der Waals surface area contributed by atoms with Gasteiger partial charge in [0.2, 0.25) is 5.91 Å². The van der Waals surface area contributed by atoms with Crippen molar-refractivity contribution in [1.82, 2.24) is 9.80 Å². The number of amides is 2. The van der Waals surface area contributed by atoms with E-state index < -0.39 is 6.04 Å². The van der Waals surface area contributed by atoms with Gasteiger partial charge < -0.3 is 14.9 Å². The molecule has 2 aliphatic rings. The van der Waals surface area contributed by atoms with E-state index in [0.717, 1.165) is 31.7 Å². The highest BCUT2D eigenvalue weighted by Gasteiger charge is 2.38. The van der Waals surface area contributed by atoms with Crippen molar-refractivity contribution < 1.29 is 14.7 Å². The molecule has 2 fully saturated rings. The van der Waals surface area contributed by atoms with E-state index in [1.54, 1.807) is 23.1 Å². The van der Waals surface area contributed by atoms with Crippen molar-refractivity contribution in [2.45, 2.75) is 37.5 Å². The first kappa shape index (κ1) is 17.1. The Morgan fingerprint density at radius 2 is 2.08 bits per heavy atom. The van der Waals surface area contributed by atoms with Crippen LogP contribution < -0.4 is 0 Å². The van der Waals surface area contributed by atoms with Crippen molar-refractivity contribution in [3.63, 3.8) is 0 Å². The van der Waals surface area contributed by atoms with Crippen molar-refractivity contribution in [3.8, 4) is 5.75 Å². The molecular weight excluding hydrogens is 324 g/mol. The number of carbonyl (C=O) groups is 2. The Balaban J connectivity index is 1.74. The molecule has 130 valence electrons. The van der Waals surface area contributed by atoms with Crippen molar-refractivity contribution >= 4 is 23.6 Å². The highest BCUT2D eigenvalue weighted by molar-refractivity contribution is 8.00. The van der Waals surface area contributed by atoms with Crippen LogP contribution in [0.5, 0.6) is 5.75 Å². The summed E-state index contributed by atoms with van der Waals surface area (Å²) in [5.74, 6) is 0.753. The van der Waals surface area contributed by atoms with Crippen LogP contribution in [0.15, 0.2) is 24.3 Å².